The third-order valence-corrected chi connectivity index (χ3v) is 5.80. The summed E-state index contributed by atoms with van der Waals surface area (Å²) in [5, 5.41) is 6.90. The first-order chi connectivity index (χ1) is 17.3. The van der Waals surface area contributed by atoms with Crippen LogP contribution in [0.25, 0.3) is 0 Å². The quantitative estimate of drug-likeness (QED) is 0.138. The average molecular weight is 547 g/mol. The zero-order valence-electron chi connectivity index (χ0n) is 19.5. The smallest absolute Gasteiger partial charge is 0.393 e. The zero-order chi connectivity index (χ0) is 27.6. The number of carbonyl (C=O) groups excluding carboxylic acids is 2. The predicted octanol–water partition coefficient (Wildman–Crippen LogP) is 0.530. The van der Waals surface area contributed by atoms with Crippen molar-refractivity contribution in [2.24, 2.45) is 10.9 Å². The van der Waals surface area contributed by atoms with Crippen LogP contribution in [-0.2, 0) is 36.7 Å². The molecular formula is C21H25F3N6O6S. The topological polar surface area (TPSA) is 174 Å². The molecule has 0 saturated carbocycles. The van der Waals surface area contributed by atoms with Crippen LogP contribution in [0.2, 0.25) is 0 Å². The number of nitrogens with one attached hydrogen (secondary N) is 3. The predicted molar refractivity (Wildman–Crippen MR) is 128 cm³/mol. The summed E-state index contributed by atoms with van der Waals surface area (Å²) < 4.78 is 64.6. The van der Waals surface area contributed by atoms with E-state index in [1.54, 1.807) is 37.3 Å². The second-order valence-corrected chi connectivity index (χ2v) is 9.31. The first-order valence-corrected chi connectivity index (χ1v) is 12.3. The molecule has 0 bridgehead atoms. The van der Waals surface area contributed by atoms with Gasteiger partial charge in [0.05, 0.1) is 5.75 Å². The fourth-order valence-corrected chi connectivity index (χ4v) is 4.03. The number of hydrogen-bond acceptors (Lipinski definition) is 7. The summed E-state index contributed by atoms with van der Waals surface area (Å²) in [6, 6.07) is 11.2. The van der Waals surface area contributed by atoms with E-state index in [1.165, 1.54) is 17.4 Å². The molecule has 16 heteroatoms. The van der Waals surface area contributed by atoms with E-state index in [9.17, 15) is 36.0 Å². The van der Waals surface area contributed by atoms with Crippen molar-refractivity contribution in [1.82, 2.24) is 15.2 Å². The van der Waals surface area contributed by atoms with Crippen LogP contribution >= 0.6 is 0 Å². The fraction of sp³-hybridized carbons (Fsp3) is 0.333. The maximum atomic E-state index is 12.8. The van der Waals surface area contributed by atoms with E-state index >= 15 is 0 Å². The van der Waals surface area contributed by atoms with Crippen molar-refractivity contribution in [3.05, 3.63) is 64.1 Å². The lowest BCUT2D eigenvalue weighted by molar-refractivity contribution is -0.171. The third-order valence-electron chi connectivity index (χ3n) is 4.56. The van der Waals surface area contributed by atoms with Crippen LogP contribution in [0.15, 0.2) is 52.4 Å². The Kier molecular flexibility index (Phi) is 10.0. The highest BCUT2D eigenvalue weighted by atomic mass is 32.2. The lowest BCUT2D eigenvalue weighted by atomic mass is 10.2. The molecule has 0 spiro atoms. The summed E-state index contributed by atoms with van der Waals surface area (Å²) in [7, 11) is -3.89. The molecule has 1 heterocycles. The molecule has 0 fully saturated rings. The van der Waals surface area contributed by atoms with Crippen LogP contribution in [0.4, 0.5) is 18.9 Å². The molecule has 2 amide bonds. The Bertz CT molecular complexity index is 1300. The summed E-state index contributed by atoms with van der Waals surface area (Å²) >= 11 is 0. The van der Waals surface area contributed by atoms with Crippen molar-refractivity contribution in [3.8, 4) is 0 Å². The normalized spacial score (nSPS) is 12.1. The van der Waals surface area contributed by atoms with E-state index in [-0.39, 0.29) is 31.0 Å². The van der Waals surface area contributed by atoms with Crippen molar-refractivity contribution in [2.75, 3.05) is 17.9 Å². The molecule has 0 aliphatic rings. The summed E-state index contributed by atoms with van der Waals surface area (Å²) in [5.74, 6) is -4.09. The number of rotatable bonds is 11. The zero-order valence-corrected chi connectivity index (χ0v) is 20.4. The van der Waals surface area contributed by atoms with E-state index in [0.717, 1.165) is 4.57 Å². The number of benzene rings is 1. The Morgan fingerprint density at radius 1 is 1.14 bits per heavy atom. The summed E-state index contributed by atoms with van der Waals surface area (Å²) in [6.07, 6.45) is -4.96. The molecule has 12 nitrogen and oxygen atoms in total. The van der Waals surface area contributed by atoms with Gasteiger partial charge in [-0.1, -0.05) is 30.3 Å². The van der Waals surface area contributed by atoms with Crippen molar-refractivity contribution in [2.45, 2.75) is 31.8 Å². The molecule has 2 rings (SSSR count). The molecular weight excluding hydrogens is 521 g/mol. The second kappa shape index (κ2) is 12.8. The van der Waals surface area contributed by atoms with Crippen LogP contribution in [0.5, 0.6) is 0 Å². The Morgan fingerprint density at radius 3 is 2.46 bits per heavy atom. The first kappa shape index (κ1) is 29.2. The number of nitrogens with zero attached hydrogens (tertiary/aromatic N) is 2. The summed E-state index contributed by atoms with van der Waals surface area (Å²) in [4.78, 5) is 40.4. The summed E-state index contributed by atoms with van der Waals surface area (Å²) in [5.41, 5.74) is 5.12. The number of carbonyl (C=O) groups is 2. The molecule has 0 unspecified atom stereocenters. The number of aromatic nitrogens is 1. The molecule has 1 aromatic heterocycles. The number of anilines is 1. The van der Waals surface area contributed by atoms with Gasteiger partial charge >= 0.3 is 12.1 Å². The SMILES string of the molecule is Cc1ccc(NS(=O)(=O)Cc2ccccc2)c(=O)n1CC(=O)NCCCO/N=C(\N)NC(=O)C(F)(F)F. The molecule has 0 radical (unpaired) electrons. The largest absolute Gasteiger partial charge is 0.471 e. The molecule has 5 N–H and O–H groups in total. The Labute approximate surface area is 209 Å². The molecule has 0 saturated heterocycles. The molecule has 0 atom stereocenters. The van der Waals surface area contributed by atoms with Crippen LogP contribution in [0, 0.1) is 6.92 Å². The minimum absolute atomic E-state index is 0.0559. The lowest BCUT2D eigenvalue weighted by Gasteiger charge is -2.13. The molecule has 1 aromatic carbocycles. The van der Waals surface area contributed by atoms with Gasteiger partial charge in [-0.2, -0.15) is 13.2 Å². The van der Waals surface area contributed by atoms with Crippen LogP contribution in [-0.4, -0.2) is 50.1 Å². The molecule has 2 aromatic rings. The van der Waals surface area contributed by atoms with Crippen molar-refractivity contribution in [1.29, 1.82) is 0 Å². The number of guanidine groups is 1. The average Bonchev–Trinajstić information content (AvgIpc) is 2.80. The molecule has 37 heavy (non-hydrogen) atoms. The van der Waals surface area contributed by atoms with Crippen molar-refractivity contribution >= 4 is 33.5 Å². The maximum absolute atomic E-state index is 12.8. The lowest BCUT2D eigenvalue weighted by Crippen LogP contribution is -2.44. The van der Waals surface area contributed by atoms with E-state index in [2.05, 4.69) is 20.0 Å². The Hall–Kier alpha value is -4.08. The first-order valence-electron chi connectivity index (χ1n) is 10.6. The van der Waals surface area contributed by atoms with Crippen molar-refractivity contribution in [3.63, 3.8) is 0 Å². The summed E-state index contributed by atoms with van der Waals surface area (Å²) in [6.45, 7) is 1.08. The van der Waals surface area contributed by atoms with Gasteiger partial charge in [0.1, 0.15) is 18.8 Å². The van der Waals surface area contributed by atoms with E-state index < -0.39 is 46.1 Å². The Balaban J connectivity index is 1.86. The molecule has 202 valence electrons. The van der Waals surface area contributed by atoms with Gasteiger partial charge in [0.25, 0.3) is 5.56 Å². The van der Waals surface area contributed by atoms with Crippen LogP contribution in [0.3, 0.4) is 0 Å². The number of nitrogens with two attached hydrogens (primary N) is 1. The van der Waals surface area contributed by atoms with E-state index in [1.807, 2.05) is 0 Å². The van der Waals surface area contributed by atoms with Crippen LogP contribution < -0.4 is 26.6 Å². The third kappa shape index (κ3) is 9.83. The highest BCUT2D eigenvalue weighted by molar-refractivity contribution is 7.91. The van der Waals surface area contributed by atoms with Gasteiger partial charge in [-0.15, -0.1) is 0 Å². The number of hydrogen-bond donors (Lipinski definition) is 4. The van der Waals surface area contributed by atoms with Gasteiger partial charge in [0.2, 0.25) is 21.9 Å². The maximum Gasteiger partial charge on any atom is 0.471 e. The van der Waals surface area contributed by atoms with Gasteiger partial charge in [-0.05, 0) is 29.8 Å². The number of oxime groups is 1. The number of halogens is 3. The van der Waals surface area contributed by atoms with E-state index in [4.69, 9.17) is 5.73 Å². The number of amides is 2. The van der Waals surface area contributed by atoms with Gasteiger partial charge in [-0.3, -0.25) is 24.4 Å². The fourth-order valence-electron chi connectivity index (χ4n) is 2.83. The van der Waals surface area contributed by atoms with E-state index in [0.29, 0.717) is 11.3 Å². The number of sulfonamides is 1. The minimum atomic E-state index is -5.13. The van der Waals surface area contributed by atoms with Crippen LogP contribution in [0.1, 0.15) is 17.7 Å². The monoisotopic (exact) mass is 546 g/mol. The number of pyridine rings is 1. The van der Waals surface area contributed by atoms with Gasteiger partial charge in [0, 0.05) is 18.7 Å². The number of alkyl halides is 3. The highest BCUT2D eigenvalue weighted by Gasteiger charge is 2.39. The minimum Gasteiger partial charge on any atom is -0.393 e. The number of aryl methyl sites for hydroxylation is 1. The van der Waals surface area contributed by atoms with Gasteiger partial charge < -0.3 is 20.5 Å². The Morgan fingerprint density at radius 2 is 1.81 bits per heavy atom. The van der Waals surface area contributed by atoms with Gasteiger partial charge in [-0.25, -0.2) is 8.42 Å². The molecule has 0 aliphatic heterocycles. The highest BCUT2D eigenvalue weighted by Crippen LogP contribution is 2.14. The second-order valence-electron chi connectivity index (χ2n) is 7.59. The standard InChI is InChI=1S/C21H25F3N6O6S/c1-14-8-9-16(29-37(34,35)13-15-6-3-2-4-7-15)18(32)30(14)12-17(31)26-10-5-11-36-28-20(25)27-19(33)21(22,23)24/h2-4,6-9,29H,5,10-13H2,1H3,(H,26,31)(H3,25,27,28,33). The van der Waals surface area contributed by atoms with Gasteiger partial charge in [0.15, 0.2) is 0 Å². The molecule has 0 aliphatic carbocycles. The van der Waals surface area contributed by atoms with Crippen molar-refractivity contribution < 1.29 is 36.0 Å².